The summed E-state index contributed by atoms with van der Waals surface area (Å²) in [6, 6.07) is 3.05. The maximum Gasteiger partial charge on any atom is 0.250 e. The van der Waals surface area contributed by atoms with Crippen molar-refractivity contribution in [3.05, 3.63) is 29.2 Å². The Morgan fingerprint density at radius 1 is 1.58 bits per heavy atom. The van der Waals surface area contributed by atoms with E-state index in [1.54, 1.807) is 13.1 Å². The van der Waals surface area contributed by atoms with E-state index in [0.717, 1.165) is 11.3 Å². The molecule has 10 heteroatoms. The lowest BCUT2D eigenvalue weighted by molar-refractivity contribution is 0.581. The quantitative estimate of drug-likeness (QED) is 0.752. The fourth-order valence-electron chi connectivity index (χ4n) is 1.29. The molecule has 0 aliphatic rings. The molecule has 2 heterocycles. The molecule has 0 saturated heterocycles. The number of thiocarbonyl (C=S) groups is 1. The molecule has 2 rings (SSSR count). The lowest BCUT2D eigenvalue weighted by atomic mass is 10.5. The second-order valence-corrected chi connectivity index (χ2v) is 7.16. The minimum absolute atomic E-state index is 0.0312. The number of sulfonamides is 1. The molecule has 0 aliphatic carbocycles. The maximum atomic E-state index is 12.0. The molecule has 0 spiro atoms. The fourth-order valence-corrected chi connectivity index (χ4v) is 3.67. The maximum absolute atomic E-state index is 12.0. The summed E-state index contributed by atoms with van der Waals surface area (Å²) < 4.78 is 28.1. The molecule has 0 unspecified atom stereocenters. The van der Waals surface area contributed by atoms with Crippen LogP contribution in [-0.4, -0.2) is 28.2 Å². The van der Waals surface area contributed by atoms with Crippen LogP contribution in [0.4, 0.5) is 0 Å². The van der Waals surface area contributed by atoms with E-state index >= 15 is 0 Å². The number of hydrogen-bond donors (Lipinski definition) is 2. The van der Waals surface area contributed by atoms with Gasteiger partial charge in [-0.15, -0.1) is 11.3 Å². The lowest BCUT2D eigenvalue weighted by Gasteiger charge is -2.01. The van der Waals surface area contributed by atoms with E-state index in [4.69, 9.17) is 18.0 Å². The number of nitrogens with one attached hydrogen (secondary N) is 1. The number of aromatic nitrogens is 3. The predicted octanol–water partition coefficient (Wildman–Crippen LogP) is -0.0107. The van der Waals surface area contributed by atoms with Crippen molar-refractivity contribution in [2.24, 2.45) is 12.8 Å². The van der Waals surface area contributed by atoms with Crippen LogP contribution in [0.3, 0.4) is 0 Å². The van der Waals surface area contributed by atoms with Gasteiger partial charge in [0.25, 0.3) is 0 Å². The van der Waals surface area contributed by atoms with Crippen molar-refractivity contribution in [2.75, 3.05) is 0 Å². The standard InChI is InChI=1S/C9H11N5O2S3/c1-14-5-11-7(13-14)4-12-19(15,16)8-3-2-6(18-8)9(10)17/h2-3,5,12H,4H2,1H3,(H2,10,17). The summed E-state index contributed by atoms with van der Waals surface area (Å²) in [6.07, 6.45) is 1.50. The zero-order valence-corrected chi connectivity index (χ0v) is 12.3. The first kappa shape index (κ1) is 14.1. The van der Waals surface area contributed by atoms with Gasteiger partial charge in [0.1, 0.15) is 15.5 Å². The molecular formula is C9H11N5O2S3. The Morgan fingerprint density at radius 2 is 2.32 bits per heavy atom. The lowest BCUT2D eigenvalue weighted by Crippen LogP contribution is -2.23. The number of rotatable bonds is 5. The van der Waals surface area contributed by atoms with Crippen molar-refractivity contribution in [3.8, 4) is 0 Å². The first-order valence-corrected chi connectivity index (χ1v) is 7.83. The van der Waals surface area contributed by atoms with E-state index in [2.05, 4.69) is 14.8 Å². The Kier molecular flexibility index (Phi) is 3.94. The van der Waals surface area contributed by atoms with E-state index in [0.29, 0.717) is 10.7 Å². The van der Waals surface area contributed by atoms with Crippen LogP contribution in [0, 0.1) is 0 Å². The monoisotopic (exact) mass is 317 g/mol. The van der Waals surface area contributed by atoms with Gasteiger partial charge in [0.15, 0.2) is 5.82 Å². The zero-order valence-electron chi connectivity index (χ0n) is 9.90. The molecule has 2 aromatic heterocycles. The largest absolute Gasteiger partial charge is 0.389 e. The molecule has 0 aliphatic heterocycles. The van der Waals surface area contributed by atoms with Gasteiger partial charge >= 0.3 is 0 Å². The minimum atomic E-state index is -3.60. The van der Waals surface area contributed by atoms with E-state index in [1.165, 1.54) is 17.1 Å². The van der Waals surface area contributed by atoms with Gasteiger partial charge in [-0.05, 0) is 12.1 Å². The van der Waals surface area contributed by atoms with Crippen molar-refractivity contribution in [3.63, 3.8) is 0 Å². The Morgan fingerprint density at radius 3 is 2.84 bits per heavy atom. The average molecular weight is 317 g/mol. The molecule has 0 fully saturated rings. The number of aryl methyl sites for hydroxylation is 1. The zero-order chi connectivity index (χ0) is 14.0. The summed E-state index contributed by atoms with van der Waals surface area (Å²) in [7, 11) is -1.89. The minimum Gasteiger partial charge on any atom is -0.389 e. The van der Waals surface area contributed by atoms with Crippen molar-refractivity contribution >= 4 is 38.6 Å². The van der Waals surface area contributed by atoms with Gasteiger partial charge in [0.05, 0.1) is 11.4 Å². The molecule has 7 nitrogen and oxygen atoms in total. The first-order chi connectivity index (χ1) is 8.88. The molecule has 3 N–H and O–H groups in total. The highest BCUT2D eigenvalue weighted by molar-refractivity contribution is 7.91. The van der Waals surface area contributed by atoms with Crippen molar-refractivity contribution in [1.29, 1.82) is 0 Å². The third kappa shape index (κ3) is 3.35. The average Bonchev–Trinajstić information content (AvgIpc) is 2.95. The highest BCUT2D eigenvalue weighted by Crippen LogP contribution is 2.21. The molecular weight excluding hydrogens is 306 g/mol. The second kappa shape index (κ2) is 5.33. The molecule has 0 amide bonds. The molecule has 0 bridgehead atoms. The molecule has 19 heavy (non-hydrogen) atoms. The SMILES string of the molecule is Cn1cnc(CNS(=O)(=O)c2ccc(C(N)=S)s2)n1. The predicted molar refractivity (Wildman–Crippen MR) is 75.2 cm³/mol. The molecule has 2 aromatic rings. The van der Waals surface area contributed by atoms with Crippen molar-refractivity contribution < 1.29 is 8.42 Å². The first-order valence-electron chi connectivity index (χ1n) is 5.12. The van der Waals surface area contributed by atoms with E-state index < -0.39 is 10.0 Å². The van der Waals surface area contributed by atoms with Gasteiger partial charge in [-0.25, -0.2) is 18.1 Å². The van der Waals surface area contributed by atoms with Crippen molar-refractivity contribution in [2.45, 2.75) is 10.8 Å². The molecule has 0 saturated carbocycles. The van der Waals surface area contributed by atoms with Crippen LogP contribution < -0.4 is 10.5 Å². The van der Waals surface area contributed by atoms with Crippen LogP contribution in [-0.2, 0) is 23.6 Å². The van der Waals surface area contributed by atoms with Gasteiger partial charge in [0.2, 0.25) is 10.0 Å². The van der Waals surface area contributed by atoms with E-state index in [9.17, 15) is 8.42 Å². The molecule has 102 valence electrons. The van der Waals surface area contributed by atoms with Gasteiger partial charge < -0.3 is 5.73 Å². The Bertz CT molecular complexity index is 703. The molecule has 0 aromatic carbocycles. The summed E-state index contributed by atoms with van der Waals surface area (Å²) in [5.41, 5.74) is 5.44. The summed E-state index contributed by atoms with van der Waals surface area (Å²) in [6.45, 7) is 0.0312. The Labute approximate surface area is 119 Å². The Hall–Kier alpha value is -1.36. The topological polar surface area (TPSA) is 103 Å². The number of thiophene rings is 1. The highest BCUT2D eigenvalue weighted by atomic mass is 32.2. The van der Waals surface area contributed by atoms with Gasteiger partial charge in [-0.1, -0.05) is 12.2 Å². The third-order valence-electron chi connectivity index (χ3n) is 2.16. The van der Waals surface area contributed by atoms with Crippen LogP contribution in [0.25, 0.3) is 0 Å². The third-order valence-corrected chi connectivity index (χ3v) is 5.52. The van der Waals surface area contributed by atoms with Gasteiger partial charge in [-0.3, -0.25) is 4.68 Å². The van der Waals surface area contributed by atoms with Gasteiger partial charge in [-0.2, -0.15) is 5.10 Å². The highest BCUT2D eigenvalue weighted by Gasteiger charge is 2.18. The summed E-state index contributed by atoms with van der Waals surface area (Å²) in [5.74, 6) is 0.400. The normalized spacial score (nSPS) is 11.6. The van der Waals surface area contributed by atoms with E-state index in [1.807, 2.05) is 0 Å². The van der Waals surface area contributed by atoms with Gasteiger partial charge in [0, 0.05) is 7.05 Å². The fraction of sp³-hybridized carbons (Fsp3) is 0.222. The van der Waals surface area contributed by atoms with Crippen LogP contribution >= 0.6 is 23.6 Å². The van der Waals surface area contributed by atoms with Crippen LogP contribution in [0.15, 0.2) is 22.7 Å². The smallest absolute Gasteiger partial charge is 0.250 e. The summed E-state index contributed by atoms with van der Waals surface area (Å²) >= 11 is 5.82. The Balaban J connectivity index is 2.11. The molecule has 0 radical (unpaired) electrons. The van der Waals surface area contributed by atoms with Crippen molar-refractivity contribution in [1.82, 2.24) is 19.5 Å². The molecule has 0 atom stereocenters. The van der Waals surface area contributed by atoms with Crippen LogP contribution in [0.2, 0.25) is 0 Å². The number of hydrogen-bond acceptors (Lipinski definition) is 6. The number of nitrogens with two attached hydrogens (primary N) is 1. The van der Waals surface area contributed by atoms with Crippen LogP contribution in [0.1, 0.15) is 10.7 Å². The second-order valence-electron chi connectivity index (χ2n) is 3.64. The van der Waals surface area contributed by atoms with Crippen LogP contribution in [0.5, 0.6) is 0 Å². The summed E-state index contributed by atoms with van der Waals surface area (Å²) in [4.78, 5) is 4.67. The number of nitrogens with zero attached hydrogens (tertiary/aromatic N) is 3. The van der Waals surface area contributed by atoms with E-state index in [-0.39, 0.29) is 15.7 Å². The summed E-state index contributed by atoms with van der Waals surface area (Å²) in [5, 5.41) is 3.98.